The van der Waals surface area contributed by atoms with E-state index in [1.807, 2.05) is 0 Å². The van der Waals surface area contributed by atoms with Crippen molar-refractivity contribution in [2.45, 2.75) is 57.3 Å². The summed E-state index contributed by atoms with van der Waals surface area (Å²) in [5.41, 5.74) is 0.417. The average Bonchev–Trinajstić information content (AvgIpc) is 2.57. The Kier molecular flexibility index (Phi) is 1.75. The molecule has 4 aliphatic rings. The molecule has 0 aliphatic heterocycles. The molecule has 4 aliphatic carbocycles. The Labute approximate surface area is 100 Å². The van der Waals surface area contributed by atoms with Crippen LogP contribution in [0.5, 0.6) is 0 Å². The molecule has 2 bridgehead atoms. The zero-order valence-electron chi connectivity index (χ0n) is 10.8. The standard InChI is InChI=1S/C14H24OSi/c1-16(2,3)15-14-8-13(14)11-7-12(14)10-6-4-5-9(10)11/h9-13H,4-8H2,1-3H3/t9-,10+,11-,12+,13-,14-/m0/s1. The SMILES string of the molecule is C[Si](C)(C)O[C@]12C[C@H]1[C@H]1C[C@@H]2[C@@H]2CCC[C@@H]21. The van der Waals surface area contributed by atoms with E-state index >= 15 is 0 Å². The Hall–Kier alpha value is 0.177. The molecule has 6 atom stereocenters. The van der Waals surface area contributed by atoms with E-state index < -0.39 is 8.32 Å². The van der Waals surface area contributed by atoms with Crippen molar-refractivity contribution in [2.24, 2.45) is 29.6 Å². The van der Waals surface area contributed by atoms with Crippen molar-refractivity contribution in [3.63, 3.8) is 0 Å². The average molecular weight is 236 g/mol. The summed E-state index contributed by atoms with van der Waals surface area (Å²) in [6.45, 7) is 7.11. The van der Waals surface area contributed by atoms with Crippen LogP contribution < -0.4 is 0 Å². The van der Waals surface area contributed by atoms with Crippen LogP contribution in [0.1, 0.15) is 32.1 Å². The van der Waals surface area contributed by atoms with Gasteiger partial charge in [-0.25, -0.2) is 0 Å². The van der Waals surface area contributed by atoms with Crippen LogP contribution in [0.15, 0.2) is 0 Å². The van der Waals surface area contributed by atoms with Gasteiger partial charge in [0.05, 0.1) is 5.60 Å². The Balaban J connectivity index is 1.62. The number of rotatable bonds is 2. The van der Waals surface area contributed by atoms with Crippen LogP contribution in [0.4, 0.5) is 0 Å². The van der Waals surface area contributed by atoms with Crippen molar-refractivity contribution >= 4 is 8.32 Å². The molecule has 0 N–H and O–H groups in total. The molecule has 0 aromatic heterocycles. The first-order chi connectivity index (χ1) is 7.51. The molecular formula is C14H24OSi. The van der Waals surface area contributed by atoms with Crippen LogP contribution in [-0.2, 0) is 4.43 Å². The lowest BCUT2D eigenvalue weighted by molar-refractivity contribution is 0.0549. The van der Waals surface area contributed by atoms with E-state index in [0.717, 1.165) is 29.6 Å². The van der Waals surface area contributed by atoms with Crippen molar-refractivity contribution in [2.75, 3.05) is 0 Å². The first kappa shape index (κ1) is 10.1. The quantitative estimate of drug-likeness (QED) is 0.665. The third-order valence-electron chi connectivity index (χ3n) is 5.86. The molecule has 1 nitrogen and oxygen atoms in total. The summed E-state index contributed by atoms with van der Waals surface area (Å²) >= 11 is 0. The van der Waals surface area contributed by atoms with E-state index in [-0.39, 0.29) is 0 Å². The highest BCUT2D eigenvalue weighted by molar-refractivity contribution is 6.69. The number of hydrogen-bond donors (Lipinski definition) is 0. The Bertz CT molecular complexity index is 332. The smallest absolute Gasteiger partial charge is 0.184 e. The van der Waals surface area contributed by atoms with E-state index in [1.165, 1.54) is 25.7 Å². The molecule has 0 aromatic rings. The highest BCUT2D eigenvalue weighted by Gasteiger charge is 2.76. The van der Waals surface area contributed by atoms with E-state index in [9.17, 15) is 0 Å². The van der Waals surface area contributed by atoms with Crippen LogP contribution >= 0.6 is 0 Å². The zero-order valence-corrected chi connectivity index (χ0v) is 11.8. The summed E-state index contributed by atoms with van der Waals surface area (Å²) in [4.78, 5) is 0. The van der Waals surface area contributed by atoms with Crippen LogP contribution in [-0.4, -0.2) is 13.9 Å². The molecule has 16 heavy (non-hydrogen) atoms. The second-order valence-corrected chi connectivity index (χ2v) is 12.2. The zero-order chi connectivity index (χ0) is 11.1. The fourth-order valence-electron chi connectivity index (χ4n) is 5.70. The summed E-state index contributed by atoms with van der Waals surface area (Å²) in [5, 5.41) is 0. The van der Waals surface area contributed by atoms with Gasteiger partial charge in [-0.1, -0.05) is 6.42 Å². The van der Waals surface area contributed by atoms with E-state index in [0.29, 0.717) is 5.60 Å². The van der Waals surface area contributed by atoms with Gasteiger partial charge >= 0.3 is 0 Å². The van der Waals surface area contributed by atoms with Crippen LogP contribution in [0.25, 0.3) is 0 Å². The summed E-state index contributed by atoms with van der Waals surface area (Å²) in [5.74, 6) is 5.23. The van der Waals surface area contributed by atoms with Gasteiger partial charge in [-0.2, -0.15) is 0 Å². The molecule has 0 saturated heterocycles. The molecule has 90 valence electrons. The van der Waals surface area contributed by atoms with E-state index in [1.54, 1.807) is 6.42 Å². The van der Waals surface area contributed by atoms with Crippen molar-refractivity contribution in [1.29, 1.82) is 0 Å². The summed E-state index contributed by atoms with van der Waals surface area (Å²) in [6, 6.07) is 0. The largest absolute Gasteiger partial charge is 0.412 e. The minimum absolute atomic E-state index is 0.417. The van der Waals surface area contributed by atoms with Crippen molar-refractivity contribution in [3.8, 4) is 0 Å². The lowest BCUT2D eigenvalue weighted by Crippen LogP contribution is -2.41. The van der Waals surface area contributed by atoms with Crippen LogP contribution in [0.2, 0.25) is 19.6 Å². The second-order valence-electron chi connectivity index (χ2n) is 7.74. The third-order valence-corrected chi connectivity index (χ3v) is 6.86. The molecular weight excluding hydrogens is 212 g/mol. The van der Waals surface area contributed by atoms with Gasteiger partial charge in [0.25, 0.3) is 0 Å². The lowest BCUT2D eigenvalue weighted by atomic mass is 9.80. The van der Waals surface area contributed by atoms with Gasteiger partial charge in [-0.05, 0) is 74.9 Å². The predicted octanol–water partition coefficient (Wildman–Crippen LogP) is 3.66. The van der Waals surface area contributed by atoms with Gasteiger partial charge in [-0.3, -0.25) is 0 Å². The molecule has 0 heterocycles. The summed E-state index contributed by atoms with van der Waals surface area (Å²) < 4.78 is 6.64. The Morgan fingerprint density at radius 2 is 1.75 bits per heavy atom. The number of fused-ring (bicyclic) bond motifs is 8. The van der Waals surface area contributed by atoms with E-state index in [2.05, 4.69) is 19.6 Å². The summed E-state index contributed by atoms with van der Waals surface area (Å²) in [7, 11) is -1.33. The molecule has 0 spiro atoms. The molecule has 4 fully saturated rings. The number of hydrogen-bond acceptors (Lipinski definition) is 1. The van der Waals surface area contributed by atoms with Crippen LogP contribution in [0.3, 0.4) is 0 Å². The molecule has 2 heteroatoms. The fraction of sp³-hybridized carbons (Fsp3) is 1.00. The van der Waals surface area contributed by atoms with Gasteiger partial charge in [0.15, 0.2) is 8.32 Å². The Morgan fingerprint density at radius 1 is 1.00 bits per heavy atom. The molecule has 4 rings (SSSR count). The van der Waals surface area contributed by atoms with Gasteiger partial charge in [0.1, 0.15) is 0 Å². The van der Waals surface area contributed by atoms with Crippen molar-refractivity contribution in [3.05, 3.63) is 0 Å². The van der Waals surface area contributed by atoms with Gasteiger partial charge in [0, 0.05) is 0 Å². The maximum atomic E-state index is 6.64. The highest BCUT2D eigenvalue weighted by atomic mass is 28.4. The minimum Gasteiger partial charge on any atom is -0.412 e. The first-order valence-electron chi connectivity index (χ1n) is 7.21. The monoisotopic (exact) mass is 236 g/mol. The van der Waals surface area contributed by atoms with Gasteiger partial charge in [0.2, 0.25) is 0 Å². The fourth-order valence-corrected chi connectivity index (χ4v) is 7.23. The third kappa shape index (κ3) is 1.11. The highest BCUT2D eigenvalue weighted by Crippen LogP contribution is 2.76. The molecule has 0 radical (unpaired) electrons. The van der Waals surface area contributed by atoms with Crippen LogP contribution in [0, 0.1) is 29.6 Å². The Morgan fingerprint density at radius 3 is 2.50 bits per heavy atom. The summed E-state index contributed by atoms with van der Waals surface area (Å²) in [6.07, 6.45) is 7.54. The maximum Gasteiger partial charge on any atom is 0.184 e. The van der Waals surface area contributed by atoms with E-state index in [4.69, 9.17) is 4.43 Å². The topological polar surface area (TPSA) is 9.23 Å². The molecule has 4 saturated carbocycles. The predicted molar refractivity (Wildman–Crippen MR) is 67.7 cm³/mol. The molecule has 0 unspecified atom stereocenters. The maximum absolute atomic E-state index is 6.64. The van der Waals surface area contributed by atoms with Gasteiger partial charge < -0.3 is 4.43 Å². The molecule has 0 amide bonds. The van der Waals surface area contributed by atoms with Crippen molar-refractivity contribution in [1.82, 2.24) is 0 Å². The minimum atomic E-state index is -1.33. The van der Waals surface area contributed by atoms with Crippen molar-refractivity contribution < 1.29 is 4.43 Å². The first-order valence-corrected chi connectivity index (χ1v) is 10.6. The normalized spacial score (nSPS) is 57.6. The second kappa shape index (κ2) is 2.77. The molecule has 0 aromatic carbocycles. The lowest BCUT2D eigenvalue weighted by Gasteiger charge is -2.36. The van der Waals surface area contributed by atoms with Gasteiger partial charge in [-0.15, -0.1) is 0 Å².